The van der Waals surface area contributed by atoms with Crippen LogP contribution in [0, 0.1) is 5.82 Å². The van der Waals surface area contributed by atoms with Gasteiger partial charge in [0.1, 0.15) is 11.6 Å². The Morgan fingerprint density at radius 3 is 2.38 bits per heavy atom. The molecule has 0 saturated carbocycles. The summed E-state index contributed by atoms with van der Waals surface area (Å²) in [5.41, 5.74) is 0.0476. The summed E-state index contributed by atoms with van der Waals surface area (Å²) in [6.07, 6.45) is 0. The van der Waals surface area contributed by atoms with E-state index in [4.69, 9.17) is 0 Å². The lowest BCUT2D eigenvalue weighted by Crippen LogP contribution is -2.33. The summed E-state index contributed by atoms with van der Waals surface area (Å²) in [6.45, 7) is 0. The van der Waals surface area contributed by atoms with E-state index in [0.717, 1.165) is 18.2 Å². The summed E-state index contributed by atoms with van der Waals surface area (Å²) in [4.78, 5) is 23.3. The summed E-state index contributed by atoms with van der Waals surface area (Å²) >= 11 is 0. The topological polar surface area (TPSA) is 86.6 Å². The van der Waals surface area contributed by atoms with Gasteiger partial charge in [0.25, 0.3) is 5.91 Å². The van der Waals surface area contributed by atoms with Crippen LogP contribution in [0.25, 0.3) is 0 Å². The number of carboxylic acid groups (broad SMARTS) is 1. The van der Waals surface area contributed by atoms with Crippen LogP contribution in [-0.4, -0.2) is 22.1 Å². The third-order valence-corrected chi connectivity index (χ3v) is 2.86. The van der Waals surface area contributed by atoms with Crippen molar-refractivity contribution in [1.82, 2.24) is 5.32 Å². The molecule has 2 aromatic rings. The van der Waals surface area contributed by atoms with Crippen molar-refractivity contribution in [3.8, 4) is 5.75 Å². The smallest absolute Gasteiger partial charge is 0.330 e. The Morgan fingerprint density at radius 2 is 1.76 bits per heavy atom. The number of rotatable bonds is 4. The Hall–Kier alpha value is -2.89. The van der Waals surface area contributed by atoms with Crippen LogP contribution < -0.4 is 5.32 Å². The highest BCUT2D eigenvalue weighted by Crippen LogP contribution is 2.20. The molecule has 1 atom stereocenters. The number of nitrogens with one attached hydrogen (secondary N) is 1. The molecule has 21 heavy (non-hydrogen) atoms. The molecule has 0 fully saturated rings. The van der Waals surface area contributed by atoms with Crippen molar-refractivity contribution in [2.45, 2.75) is 6.04 Å². The molecule has 0 radical (unpaired) electrons. The molecule has 1 amide bonds. The lowest BCUT2D eigenvalue weighted by atomic mass is 10.1. The molecule has 6 heteroatoms. The summed E-state index contributed by atoms with van der Waals surface area (Å²) in [5, 5.41) is 21.0. The fourth-order valence-electron chi connectivity index (χ4n) is 1.83. The van der Waals surface area contributed by atoms with Crippen LogP contribution in [0.15, 0.2) is 48.5 Å². The van der Waals surface area contributed by atoms with Crippen LogP contribution in [0.4, 0.5) is 4.39 Å². The number of aliphatic carboxylic acids is 1. The second kappa shape index (κ2) is 6.04. The number of carbonyl (C=O) groups is 2. The van der Waals surface area contributed by atoms with Crippen molar-refractivity contribution in [3.05, 3.63) is 65.5 Å². The molecule has 0 heterocycles. The lowest BCUT2D eigenvalue weighted by molar-refractivity contribution is -0.139. The number of carbonyl (C=O) groups excluding carboxylic acids is 1. The summed E-state index contributed by atoms with van der Waals surface area (Å²) in [7, 11) is 0. The summed E-state index contributed by atoms with van der Waals surface area (Å²) in [6, 6.07) is 9.65. The summed E-state index contributed by atoms with van der Waals surface area (Å²) < 4.78 is 13.1. The first-order valence-corrected chi connectivity index (χ1v) is 6.06. The number of phenolic OH excluding ortho intramolecular Hbond substituents is 1. The molecule has 0 spiro atoms. The molecule has 0 aliphatic heterocycles. The lowest BCUT2D eigenvalue weighted by Gasteiger charge is -2.15. The summed E-state index contributed by atoms with van der Waals surface area (Å²) in [5.74, 6) is -3.26. The van der Waals surface area contributed by atoms with Gasteiger partial charge >= 0.3 is 5.97 Å². The van der Waals surface area contributed by atoms with Gasteiger partial charge in [-0.2, -0.15) is 0 Å². The van der Waals surface area contributed by atoms with E-state index in [1.165, 1.54) is 0 Å². The Balaban J connectivity index is 2.27. The molecule has 108 valence electrons. The van der Waals surface area contributed by atoms with E-state index in [1.54, 1.807) is 30.3 Å². The van der Waals surface area contributed by atoms with Crippen LogP contribution in [-0.2, 0) is 4.79 Å². The number of benzene rings is 2. The molecule has 2 aromatic carbocycles. The minimum absolute atomic E-state index is 0.322. The average Bonchev–Trinajstić information content (AvgIpc) is 2.47. The van der Waals surface area contributed by atoms with Crippen LogP contribution in [0.3, 0.4) is 0 Å². The first kappa shape index (κ1) is 14.5. The van der Waals surface area contributed by atoms with Gasteiger partial charge in [0, 0.05) is 0 Å². The minimum Gasteiger partial charge on any atom is -0.507 e. The highest BCUT2D eigenvalue weighted by Gasteiger charge is 2.23. The Kier molecular flexibility index (Phi) is 4.18. The van der Waals surface area contributed by atoms with Crippen molar-refractivity contribution in [3.63, 3.8) is 0 Å². The second-order valence-corrected chi connectivity index (χ2v) is 4.32. The zero-order chi connectivity index (χ0) is 15.4. The normalized spacial score (nSPS) is 11.7. The number of carboxylic acids is 1. The Labute approximate surface area is 119 Å². The highest BCUT2D eigenvalue weighted by molar-refractivity contribution is 5.99. The molecule has 0 saturated heterocycles. The van der Waals surface area contributed by atoms with Gasteiger partial charge in [0.05, 0.1) is 5.56 Å². The number of phenols is 1. The van der Waals surface area contributed by atoms with E-state index in [0.29, 0.717) is 5.56 Å². The maximum Gasteiger partial charge on any atom is 0.330 e. The van der Waals surface area contributed by atoms with Crippen molar-refractivity contribution in [2.24, 2.45) is 0 Å². The van der Waals surface area contributed by atoms with Crippen molar-refractivity contribution < 1.29 is 24.2 Å². The van der Waals surface area contributed by atoms with E-state index >= 15 is 0 Å². The molecule has 0 aliphatic rings. The number of amides is 1. The van der Waals surface area contributed by atoms with Crippen LogP contribution in [0.2, 0.25) is 0 Å². The molecule has 0 aliphatic carbocycles. The molecule has 0 unspecified atom stereocenters. The average molecular weight is 289 g/mol. The second-order valence-electron chi connectivity index (χ2n) is 4.32. The van der Waals surface area contributed by atoms with E-state index in [-0.39, 0.29) is 5.56 Å². The Morgan fingerprint density at radius 1 is 1.10 bits per heavy atom. The fourth-order valence-corrected chi connectivity index (χ4v) is 1.83. The van der Waals surface area contributed by atoms with Gasteiger partial charge in [-0.3, -0.25) is 4.79 Å². The molecule has 5 nitrogen and oxygen atoms in total. The van der Waals surface area contributed by atoms with Gasteiger partial charge < -0.3 is 15.5 Å². The molecule has 0 aromatic heterocycles. The van der Waals surface area contributed by atoms with Crippen LogP contribution in [0.1, 0.15) is 22.0 Å². The maximum atomic E-state index is 13.1. The van der Waals surface area contributed by atoms with Gasteiger partial charge in [0.15, 0.2) is 6.04 Å². The van der Waals surface area contributed by atoms with Crippen LogP contribution in [0.5, 0.6) is 5.75 Å². The number of hydrogen-bond acceptors (Lipinski definition) is 3. The maximum absolute atomic E-state index is 13.1. The van der Waals surface area contributed by atoms with Crippen LogP contribution >= 0.6 is 0 Å². The SMILES string of the molecule is O=C(N[C@@H](C(=O)O)c1ccccc1)c1cc(F)ccc1O. The molecular weight excluding hydrogens is 277 g/mol. The fraction of sp³-hybridized carbons (Fsp3) is 0.0667. The highest BCUT2D eigenvalue weighted by atomic mass is 19.1. The largest absolute Gasteiger partial charge is 0.507 e. The standard InChI is InChI=1S/C15H12FNO4/c16-10-6-7-12(18)11(8-10)14(19)17-13(15(20)21)9-4-2-1-3-5-9/h1-8,13,18H,(H,17,19)(H,20,21)/t13-/m1/s1. The predicted molar refractivity (Wildman–Crippen MR) is 72.3 cm³/mol. The Bertz CT molecular complexity index is 673. The van der Waals surface area contributed by atoms with Gasteiger partial charge in [0.2, 0.25) is 0 Å². The first-order valence-electron chi connectivity index (χ1n) is 6.06. The number of halogens is 1. The molecular formula is C15H12FNO4. The quantitative estimate of drug-likeness (QED) is 0.804. The van der Waals surface area contributed by atoms with Gasteiger partial charge in [-0.05, 0) is 23.8 Å². The molecule has 2 rings (SSSR count). The van der Waals surface area contributed by atoms with Gasteiger partial charge in [-0.25, -0.2) is 9.18 Å². The third kappa shape index (κ3) is 3.36. The zero-order valence-electron chi connectivity index (χ0n) is 10.8. The number of aromatic hydroxyl groups is 1. The first-order chi connectivity index (χ1) is 9.99. The predicted octanol–water partition coefficient (Wildman–Crippen LogP) is 2.09. The van der Waals surface area contributed by atoms with Crippen molar-refractivity contribution >= 4 is 11.9 Å². The molecule has 3 N–H and O–H groups in total. The third-order valence-electron chi connectivity index (χ3n) is 2.86. The van der Waals surface area contributed by atoms with Crippen molar-refractivity contribution in [1.29, 1.82) is 0 Å². The molecule has 0 bridgehead atoms. The number of hydrogen-bond donors (Lipinski definition) is 3. The van der Waals surface area contributed by atoms with Gasteiger partial charge in [-0.15, -0.1) is 0 Å². The van der Waals surface area contributed by atoms with E-state index < -0.39 is 29.5 Å². The van der Waals surface area contributed by atoms with E-state index in [1.807, 2.05) is 0 Å². The minimum atomic E-state index is -1.29. The zero-order valence-corrected chi connectivity index (χ0v) is 10.8. The van der Waals surface area contributed by atoms with Gasteiger partial charge in [-0.1, -0.05) is 30.3 Å². The van der Waals surface area contributed by atoms with Crippen molar-refractivity contribution in [2.75, 3.05) is 0 Å². The van der Waals surface area contributed by atoms with E-state index in [9.17, 15) is 24.2 Å². The van der Waals surface area contributed by atoms with E-state index in [2.05, 4.69) is 5.32 Å². The monoisotopic (exact) mass is 289 g/mol.